The molecule has 0 bridgehead atoms. The quantitative estimate of drug-likeness (QED) is 0.449. The maximum absolute atomic E-state index is 12.7. The number of nitro benzene ring substituents is 1. The number of carbonyl (C=O) groups is 1. The minimum atomic E-state index is -4.59. The summed E-state index contributed by atoms with van der Waals surface area (Å²) in [6.45, 7) is -1.83. The Kier molecular flexibility index (Phi) is 5.58. The van der Waals surface area contributed by atoms with Gasteiger partial charge in [0.25, 0.3) is 5.69 Å². The molecule has 9 heteroatoms. The van der Waals surface area contributed by atoms with Crippen LogP contribution in [0.2, 0.25) is 0 Å². The summed E-state index contributed by atoms with van der Waals surface area (Å²) in [7, 11) is 0. The summed E-state index contributed by atoms with van der Waals surface area (Å²) in [4.78, 5) is 23.0. The third-order valence-electron chi connectivity index (χ3n) is 3.15. The first-order valence-electron chi connectivity index (χ1n) is 7.06. The molecular formula is C16H13F3N2O4. The zero-order valence-electron chi connectivity index (χ0n) is 12.8. The molecule has 0 radical (unpaired) electrons. The van der Waals surface area contributed by atoms with Crippen molar-refractivity contribution in [2.24, 2.45) is 0 Å². The lowest BCUT2D eigenvalue weighted by molar-refractivity contribution is -0.385. The van der Waals surface area contributed by atoms with E-state index in [1.165, 1.54) is 42.7 Å². The number of halogens is 3. The number of furan rings is 1. The third kappa shape index (κ3) is 5.48. The van der Waals surface area contributed by atoms with Crippen molar-refractivity contribution in [2.45, 2.75) is 12.7 Å². The van der Waals surface area contributed by atoms with E-state index in [1.807, 2.05) is 0 Å². The highest BCUT2D eigenvalue weighted by atomic mass is 19.4. The Hall–Kier alpha value is -3.10. The molecule has 0 aliphatic heterocycles. The van der Waals surface area contributed by atoms with Gasteiger partial charge >= 0.3 is 6.18 Å². The molecule has 0 aliphatic carbocycles. The van der Waals surface area contributed by atoms with Gasteiger partial charge in [-0.2, -0.15) is 13.2 Å². The second-order valence-electron chi connectivity index (χ2n) is 5.04. The molecule has 0 atom stereocenters. The van der Waals surface area contributed by atoms with Crippen LogP contribution in [0.1, 0.15) is 11.3 Å². The van der Waals surface area contributed by atoms with E-state index in [1.54, 1.807) is 0 Å². The molecule has 0 spiro atoms. The first-order valence-corrected chi connectivity index (χ1v) is 7.06. The molecule has 25 heavy (non-hydrogen) atoms. The van der Waals surface area contributed by atoms with Crippen molar-refractivity contribution in [1.29, 1.82) is 0 Å². The van der Waals surface area contributed by atoms with Crippen LogP contribution in [0.4, 0.5) is 18.9 Å². The maximum Gasteiger partial charge on any atom is 0.406 e. The van der Waals surface area contributed by atoms with Crippen LogP contribution in [0.3, 0.4) is 0 Å². The van der Waals surface area contributed by atoms with E-state index in [0.717, 1.165) is 12.2 Å². The van der Waals surface area contributed by atoms with Gasteiger partial charge in [0.05, 0.1) is 23.3 Å². The van der Waals surface area contributed by atoms with E-state index in [9.17, 15) is 28.1 Å². The van der Waals surface area contributed by atoms with Crippen molar-refractivity contribution in [3.63, 3.8) is 0 Å². The third-order valence-corrected chi connectivity index (χ3v) is 3.15. The van der Waals surface area contributed by atoms with E-state index in [-0.39, 0.29) is 23.6 Å². The number of nitro groups is 1. The summed E-state index contributed by atoms with van der Waals surface area (Å²) in [5.74, 6) is -0.747. The number of hydrogen-bond donors (Lipinski definition) is 0. The molecule has 1 aromatic heterocycles. The van der Waals surface area contributed by atoms with E-state index >= 15 is 0 Å². The summed E-state index contributed by atoms with van der Waals surface area (Å²) in [6, 6.07) is 8.54. The Morgan fingerprint density at radius 1 is 1.24 bits per heavy atom. The van der Waals surface area contributed by atoms with Gasteiger partial charge in [-0.15, -0.1) is 0 Å². The predicted molar refractivity (Wildman–Crippen MR) is 82.3 cm³/mol. The topological polar surface area (TPSA) is 76.6 Å². The predicted octanol–water partition coefficient (Wildman–Crippen LogP) is 3.79. The second kappa shape index (κ2) is 7.65. The zero-order chi connectivity index (χ0) is 18.4. The fourth-order valence-corrected chi connectivity index (χ4v) is 2.08. The van der Waals surface area contributed by atoms with Crippen molar-refractivity contribution in [2.75, 3.05) is 6.54 Å². The Bertz CT molecular complexity index is 770. The molecular weight excluding hydrogens is 341 g/mol. The van der Waals surface area contributed by atoms with Gasteiger partial charge in [-0.05, 0) is 24.3 Å². The summed E-state index contributed by atoms with van der Waals surface area (Å²) >= 11 is 0. The highest BCUT2D eigenvalue weighted by Gasteiger charge is 2.32. The first kappa shape index (κ1) is 18.2. The average Bonchev–Trinajstić information content (AvgIpc) is 3.04. The first-order chi connectivity index (χ1) is 11.8. The number of rotatable bonds is 6. The summed E-state index contributed by atoms with van der Waals surface area (Å²) in [6.07, 6.45) is -1.31. The van der Waals surface area contributed by atoms with Crippen LogP contribution in [-0.2, 0) is 11.3 Å². The van der Waals surface area contributed by atoms with Crippen molar-refractivity contribution in [3.8, 4) is 0 Å². The van der Waals surface area contributed by atoms with Gasteiger partial charge in [0.15, 0.2) is 0 Å². The van der Waals surface area contributed by atoms with Crippen LogP contribution in [0.15, 0.2) is 53.2 Å². The summed E-state index contributed by atoms with van der Waals surface area (Å²) in [5, 5.41) is 10.9. The molecule has 0 aliphatic rings. The van der Waals surface area contributed by atoms with Crippen LogP contribution in [-0.4, -0.2) is 28.5 Å². The fraction of sp³-hybridized carbons (Fsp3) is 0.188. The lowest BCUT2D eigenvalue weighted by Crippen LogP contribution is -2.37. The molecule has 0 saturated carbocycles. The molecule has 0 N–H and O–H groups in total. The number of hydrogen-bond acceptors (Lipinski definition) is 4. The van der Waals surface area contributed by atoms with Gasteiger partial charge in [-0.3, -0.25) is 14.9 Å². The largest absolute Gasteiger partial charge is 0.467 e. The molecule has 2 rings (SSSR count). The zero-order valence-corrected chi connectivity index (χ0v) is 12.8. The minimum absolute atomic E-state index is 0.116. The molecule has 0 saturated heterocycles. The molecule has 0 unspecified atom stereocenters. The van der Waals surface area contributed by atoms with Crippen molar-refractivity contribution in [3.05, 3.63) is 70.2 Å². The van der Waals surface area contributed by atoms with Crippen molar-refractivity contribution < 1.29 is 27.3 Å². The number of benzene rings is 1. The van der Waals surface area contributed by atoms with Crippen molar-refractivity contribution in [1.82, 2.24) is 4.90 Å². The van der Waals surface area contributed by atoms with Crippen LogP contribution in [0.5, 0.6) is 0 Å². The van der Waals surface area contributed by atoms with Gasteiger partial charge in [-0.25, -0.2) is 0 Å². The molecule has 6 nitrogen and oxygen atoms in total. The van der Waals surface area contributed by atoms with Gasteiger partial charge in [0, 0.05) is 12.1 Å². The van der Waals surface area contributed by atoms with E-state index in [0.29, 0.717) is 4.90 Å². The van der Waals surface area contributed by atoms with Crippen LogP contribution >= 0.6 is 0 Å². The number of amides is 1. The van der Waals surface area contributed by atoms with E-state index in [2.05, 4.69) is 0 Å². The molecule has 0 fully saturated rings. The monoisotopic (exact) mass is 354 g/mol. The number of alkyl halides is 3. The molecule has 1 aromatic carbocycles. The Labute approximate surface area is 140 Å². The minimum Gasteiger partial charge on any atom is -0.467 e. The summed E-state index contributed by atoms with van der Waals surface area (Å²) < 4.78 is 43.0. The number of nitrogens with zero attached hydrogens (tertiary/aromatic N) is 2. The van der Waals surface area contributed by atoms with Gasteiger partial charge in [-0.1, -0.05) is 12.1 Å². The van der Waals surface area contributed by atoms with Gasteiger partial charge in [0.2, 0.25) is 5.91 Å². The lowest BCUT2D eigenvalue weighted by atomic mass is 10.1. The van der Waals surface area contributed by atoms with E-state index < -0.39 is 23.6 Å². The van der Waals surface area contributed by atoms with E-state index in [4.69, 9.17) is 4.42 Å². The molecule has 1 amide bonds. The highest BCUT2D eigenvalue weighted by Crippen LogP contribution is 2.21. The molecule has 1 heterocycles. The smallest absolute Gasteiger partial charge is 0.406 e. The van der Waals surface area contributed by atoms with Crippen LogP contribution < -0.4 is 0 Å². The Balaban J connectivity index is 2.20. The average molecular weight is 354 g/mol. The number of carbonyl (C=O) groups excluding carboxylic acids is 1. The van der Waals surface area contributed by atoms with Crippen molar-refractivity contribution >= 4 is 17.7 Å². The highest BCUT2D eigenvalue weighted by molar-refractivity contribution is 5.92. The standard InChI is InChI=1S/C16H13F3N2O4/c17-16(18,19)11-20(10-13-5-3-9-25-13)15(22)8-7-12-4-1-2-6-14(12)21(23)24/h1-9H,10-11H2/b8-7+. The fourth-order valence-electron chi connectivity index (χ4n) is 2.08. The Morgan fingerprint density at radius 3 is 2.56 bits per heavy atom. The van der Waals surface area contributed by atoms with Crippen LogP contribution in [0.25, 0.3) is 6.08 Å². The van der Waals surface area contributed by atoms with Gasteiger partial charge in [0.1, 0.15) is 12.3 Å². The molecule has 132 valence electrons. The summed E-state index contributed by atoms with van der Waals surface area (Å²) in [5.41, 5.74) is -0.134. The second-order valence-corrected chi connectivity index (χ2v) is 5.04. The van der Waals surface area contributed by atoms with Gasteiger partial charge < -0.3 is 9.32 Å². The lowest BCUT2D eigenvalue weighted by Gasteiger charge is -2.21. The van der Waals surface area contributed by atoms with Crippen LogP contribution in [0, 0.1) is 10.1 Å². The maximum atomic E-state index is 12.7. The number of para-hydroxylation sites is 1. The normalized spacial score (nSPS) is 11.6. The Morgan fingerprint density at radius 2 is 1.96 bits per heavy atom. The SMILES string of the molecule is O=C(/C=C/c1ccccc1[N+](=O)[O-])N(Cc1ccco1)CC(F)(F)F. The molecule has 2 aromatic rings.